The van der Waals surface area contributed by atoms with Crippen molar-refractivity contribution >= 4 is 19.9 Å². The number of nitrogens with zero attached hydrogens (tertiary/aromatic N) is 2. The van der Waals surface area contributed by atoms with Gasteiger partial charge in [-0.05, 0) is 20.5 Å². The summed E-state index contributed by atoms with van der Waals surface area (Å²) in [5.74, 6) is 0. The van der Waals surface area contributed by atoms with Gasteiger partial charge in [-0.25, -0.2) is 0 Å². The lowest BCUT2D eigenvalue weighted by atomic mass is 10.4. The Hall–Kier alpha value is 0.160. The third-order valence-corrected chi connectivity index (χ3v) is 3.15. The van der Waals surface area contributed by atoms with Gasteiger partial charge in [0.1, 0.15) is 0 Å². The second-order valence-electron chi connectivity index (χ2n) is 3.14. The Morgan fingerprint density at radius 1 is 1.15 bits per heavy atom. The summed E-state index contributed by atoms with van der Waals surface area (Å²) in [4.78, 5) is 1.92. The van der Waals surface area contributed by atoms with Crippen LogP contribution in [0.4, 0.5) is 0 Å². The minimum Gasteiger partial charge on any atom is -0.308 e. The molecule has 4 nitrogen and oxygen atoms in total. The maximum absolute atomic E-state index is 11.0. The van der Waals surface area contributed by atoms with E-state index >= 15 is 0 Å². The van der Waals surface area contributed by atoms with Gasteiger partial charge in [-0.1, -0.05) is 6.92 Å². The Bertz CT molecular complexity index is 229. The Balaban J connectivity index is 4.12. The fourth-order valence-electron chi connectivity index (χ4n) is 0.891. The van der Waals surface area contributed by atoms with Gasteiger partial charge in [-0.3, -0.25) is 0 Å². The van der Waals surface area contributed by atoms with Crippen LogP contribution < -0.4 is 0 Å². The van der Waals surface area contributed by atoms with Crippen molar-refractivity contribution in [1.29, 1.82) is 0 Å². The Labute approximate surface area is 85.0 Å². The predicted molar refractivity (Wildman–Crippen MR) is 55.2 cm³/mol. The van der Waals surface area contributed by atoms with Crippen molar-refractivity contribution in [1.82, 2.24) is 9.21 Å². The molecule has 0 amide bonds. The molecular weight excluding hydrogens is 212 g/mol. The molecule has 0 radical (unpaired) electrons. The molecule has 0 aliphatic carbocycles. The van der Waals surface area contributed by atoms with Crippen molar-refractivity contribution < 1.29 is 8.42 Å². The Morgan fingerprint density at radius 2 is 1.69 bits per heavy atom. The molecule has 6 heteroatoms. The van der Waals surface area contributed by atoms with Crippen molar-refractivity contribution in [2.45, 2.75) is 13.3 Å². The van der Waals surface area contributed by atoms with Gasteiger partial charge >= 0.3 is 0 Å². The maximum Gasteiger partial charge on any atom is 0.299 e. The van der Waals surface area contributed by atoms with E-state index in [1.807, 2.05) is 25.9 Å². The topological polar surface area (TPSA) is 40.6 Å². The van der Waals surface area contributed by atoms with Gasteiger partial charge in [0.25, 0.3) is 9.24 Å². The van der Waals surface area contributed by atoms with Crippen LogP contribution in [0.3, 0.4) is 0 Å². The molecule has 0 aromatic rings. The zero-order valence-electron chi connectivity index (χ0n) is 8.33. The molecule has 80 valence electrons. The van der Waals surface area contributed by atoms with E-state index in [0.29, 0.717) is 19.6 Å². The van der Waals surface area contributed by atoms with Crippen LogP contribution in [0.5, 0.6) is 0 Å². The van der Waals surface area contributed by atoms with Crippen molar-refractivity contribution in [3.63, 3.8) is 0 Å². The number of likely N-dealkylation sites (N-methyl/N-ethyl adjacent to an activating group) is 1. The van der Waals surface area contributed by atoms with Gasteiger partial charge in [0.2, 0.25) is 0 Å². The van der Waals surface area contributed by atoms with Gasteiger partial charge in [-0.2, -0.15) is 12.7 Å². The first-order valence-electron chi connectivity index (χ1n) is 4.22. The summed E-state index contributed by atoms with van der Waals surface area (Å²) in [5.41, 5.74) is 0. The summed E-state index contributed by atoms with van der Waals surface area (Å²) in [6.07, 6.45) is 0.777. The van der Waals surface area contributed by atoms with Gasteiger partial charge in [0.05, 0.1) is 0 Å². The van der Waals surface area contributed by atoms with Crippen LogP contribution in [-0.2, 0) is 9.24 Å². The highest BCUT2D eigenvalue weighted by Crippen LogP contribution is 2.06. The van der Waals surface area contributed by atoms with Gasteiger partial charge in [-0.15, -0.1) is 0 Å². The highest BCUT2D eigenvalue weighted by Gasteiger charge is 2.17. The summed E-state index contributed by atoms with van der Waals surface area (Å²) < 4.78 is 23.3. The Morgan fingerprint density at radius 3 is 2.00 bits per heavy atom. The van der Waals surface area contributed by atoms with E-state index in [4.69, 9.17) is 10.7 Å². The number of hydrogen-bond acceptors (Lipinski definition) is 3. The van der Waals surface area contributed by atoms with E-state index in [2.05, 4.69) is 0 Å². The van der Waals surface area contributed by atoms with Crippen LogP contribution in [0, 0.1) is 0 Å². The molecule has 13 heavy (non-hydrogen) atoms. The second-order valence-corrected chi connectivity index (χ2v) is 5.65. The molecular formula is C7H17ClN2O2S. The number of rotatable bonds is 6. The molecule has 0 N–H and O–H groups in total. The van der Waals surface area contributed by atoms with Crippen LogP contribution >= 0.6 is 10.7 Å². The van der Waals surface area contributed by atoms with E-state index in [-0.39, 0.29) is 0 Å². The second kappa shape index (κ2) is 5.80. The first kappa shape index (κ1) is 13.2. The first-order chi connectivity index (χ1) is 5.88. The fourth-order valence-corrected chi connectivity index (χ4v) is 2.01. The molecule has 0 aliphatic heterocycles. The number of halogens is 1. The van der Waals surface area contributed by atoms with E-state index in [1.54, 1.807) is 0 Å². The third-order valence-electron chi connectivity index (χ3n) is 1.58. The van der Waals surface area contributed by atoms with Gasteiger partial charge < -0.3 is 4.90 Å². The molecule has 0 rings (SSSR count). The van der Waals surface area contributed by atoms with Gasteiger partial charge in [0, 0.05) is 30.3 Å². The molecule has 0 saturated heterocycles. The minimum atomic E-state index is -3.54. The zero-order valence-corrected chi connectivity index (χ0v) is 9.90. The molecule has 0 aromatic heterocycles. The lowest BCUT2D eigenvalue weighted by molar-refractivity contribution is 0.337. The highest BCUT2D eigenvalue weighted by molar-refractivity contribution is 8.11. The van der Waals surface area contributed by atoms with Crippen molar-refractivity contribution in [3.05, 3.63) is 0 Å². The lowest BCUT2D eigenvalue weighted by Crippen LogP contribution is -2.34. The molecule has 0 heterocycles. The first-order valence-corrected chi connectivity index (χ1v) is 6.49. The molecule has 0 atom stereocenters. The van der Waals surface area contributed by atoms with Crippen molar-refractivity contribution in [3.8, 4) is 0 Å². The van der Waals surface area contributed by atoms with Crippen LogP contribution in [0.25, 0.3) is 0 Å². The number of hydrogen-bond donors (Lipinski definition) is 0. The van der Waals surface area contributed by atoms with Gasteiger partial charge in [0.15, 0.2) is 0 Å². The largest absolute Gasteiger partial charge is 0.308 e. The van der Waals surface area contributed by atoms with E-state index < -0.39 is 9.24 Å². The average molecular weight is 229 g/mol. The molecule has 0 saturated carbocycles. The van der Waals surface area contributed by atoms with Crippen molar-refractivity contribution in [2.75, 3.05) is 33.7 Å². The SMILES string of the molecule is CCCN(CCN(C)C)S(=O)(=O)Cl. The summed E-state index contributed by atoms with van der Waals surface area (Å²) in [6.45, 7) is 3.54. The quantitative estimate of drug-likeness (QED) is 0.630. The third kappa shape index (κ3) is 6.26. The molecule has 0 aromatic carbocycles. The predicted octanol–water partition coefficient (Wildman–Crippen LogP) is 0.744. The Kier molecular flexibility index (Phi) is 5.87. The zero-order chi connectivity index (χ0) is 10.5. The maximum atomic E-state index is 11.0. The molecule has 0 fully saturated rings. The molecule has 0 aliphatic rings. The van der Waals surface area contributed by atoms with E-state index in [9.17, 15) is 8.42 Å². The van der Waals surface area contributed by atoms with Crippen LogP contribution in [0.15, 0.2) is 0 Å². The lowest BCUT2D eigenvalue weighted by Gasteiger charge is -2.19. The normalized spacial score (nSPS) is 12.8. The van der Waals surface area contributed by atoms with Crippen LogP contribution in [0.1, 0.15) is 13.3 Å². The summed E-state index contributed by atoms with van der Waals surface area (Å²) >= 11 is 0. The minimum absolute atomic E-state index is 0.451. The molecule has 0 bridgehead atoms. The van der Waals surface area contributed by atoms with Crippen LogP contribution in [-0.4, -0.2) is 51.4 Å². The van der Waals surface area contributed by atoms with Crippen LogP contribution in [0.2, 0.25) is 0 Å². The smallest absolute Gasteiger partial charge is 0.299 e. The van der Waals surface area contributed by atoms with Crippen molar-refractivity contribution in [2.24, 2.45) is 0 Å². The highest BCUT2D eigenvalue weighted by atomic mass is 35.7. The van der Waals surface area contributed by atoms with E-state index in [1.165, 1.54) is 4.31 Å². The van der Waals surface area contributed by atoms with E-state index in [0.717, 1.165) is 6.42 Å². The molecule has 0 unspecified atom stereocenters. The summed E-state index contributed by atoms with van der Waals surface area (Å²) in [5, 5.41) is 0. The summed E-state index contributed by atoms with van der Waals surface area (Å²) in [7, 11) is 5.48. The standard InChI is InChI=1S/C7H17ClN2O2S/c1-4-5-10(13(8,11)12)7-6-9(2)3/h4-7H2,1-3H3. The molecule has 0 spiro atoms. The summed E-state index contributed by atoms with van der Waals surface area (Å²) in [6, 6.07) is 0. The average Bonchev–Trinajstić information content (AvgIpc) is 1.95. The fraction of sp³-hybridized carbons (Fsp3) is 1.00. The monoisotopic (exact) mass is 228 g/mol.